The minimum Gasteiger partial charge on any atom is -0.342 e. The van der Waals surface area contributed by atoms with Crippen LogP contribution in [0.1, 0.15) is 11.1 Å². The molecule has 0 fully saturated rings. The Morgan fingerprint density at radius 2 is 1.50 bits per heavy atom. The van der Waals surface area contributed by atoms with E-state index in [0.29, 0.717) is 11.3 Å². The third-order valence-electron chi connectivity index (χ3n) is 5.50. The van der Waals surface area contributed by atoms with E-state index < -0.39 is 41.1 Å². The molecule has 0 aliphatic carbocycles. The van der Waals surface area contributed by atoms with E-state index in [1.54, 1.807) is 54.6 Å². The van der Waals surface area contributed by atoms with Gasteiger partial charge in [-0.1, -0.05) is 60.7 Å². The summed E-state index contributed by atoms with van der Waals surface area (Å²) in [5.74, 6) is -2.53. The molecule has 3 aromatic carbocycles. The minimum atomic E-state index is -1.03. The van der Waals surface area contributed by atoms with Crippen molar-refractivity contribution >= 4 is 41.1 Å². The molecule has 6 N–H and O–H groups in total. The van der Waals surface area contributed by atoms with E-state index in [-0.39, 0.29) is 24.4 Å². The van der Waals surface area contributed by atoms with Crippen LogP contribution >= 0.6 is 0 Å². The Morgan fingerprint density at radius 1 is 0.875 bits per heavy atom. The summed E-state index contributed by atoms with van der Waals surface area (Å²) < 4.78 is 0. The van der Waals surface area contributed by atoms with Crippen LogP contribution in [0.3, 0.4) is 0 Å². The van der Waals surface area contributed by atoms with Gasteiger partial charge in [0.05, 0.1) is 18.0 Å². The molecule has 12 nitrogen and oxygen atoms in total. The first-order chi connectivity index (χ1) is 19.2. The fourth-order valence-corrected chi connectivity index (χ4v) is 3.53. The highest BCUT2D eigenvalue weighted by atomic mass is 16.6. The molecule has 1 atom stereocenters. The Hall–Kier alpha value is -5.36. The quantitative estimate of drug-likeness (QED) is 0.130. The Morgan fingerprint density at radius 3 is 2.10 bits per heavy atom. The molecule has 206 valence electrons. The molecule has 0 bridgehead atoms. The van der Waals surface area contributed by atoms with Crippen molar-refractivity contribution in [2.45, 2.75) is 12.5 Å². The molecule has 12 heteroatoms. The second-order valence-corrected chi connectivity index (χ2v) is 8.51. The number of carbonyl (C=O) groups is 4. The normalized spacial score (nSPS) is 11.6. The molecule has 3 aromatic rings. The molecule has 3 rings (SSSR count). The first-order valence-corrected chi connectivity index (χ1v) is 12.2. The van der Waals surface area contributed by atoms with Gasteiger partial charge in [0.25, 0.3) is 11.6 Å². The standard InChI is InChI=1S/C28H28N6O6/c29-17-25(35)32-23(15-19-7-3-1-4-8-19)27(37)30-18-26(36)33-24(16-20-9-5-2-6-10-20)28(38)31-21-11-13-22(14-12-21)34(39)40/h1-15,24H,16-18,29H2,(H,30,37)(H,31,38)(H,32,35)(H,33,36)/b23-15+/t24-/m0/s1. The van der Waals surface area contributed by atoms with Gasteiger partial charge < -0.3 is 27.0 Å². The number of nitrogens with two attached hydrogens (primary N) is 1. The van der Waals surface area contributed by atoms with Crippen molar-refractivity contribution in [3.05, 3.63) is 112 Å². The van der Waals surface area contributed by atoms with E-state index in [1.807, 2.05) is 6.07 Å². The lowest BCUT2D eigenvalue weighted by Crippen LogP contribution is -2.49. The SMILES string of the molecule is NCC(=O)N/C(=C/c1ccccc1)C(=O)NCC(=O)N[C@@H](Cc1ccccc1)C(=O)Nc1ccc([N+](=O)[O-])cc1. The van der Waals surface area contributed by atoms with E-state index in [4.69, 9.17) is 5.73 Å². The number of nitro benzene ring substituents is 1. The summed E-state index contributed by atoms with van der Waals surface area (Å²) in [5, 5.41) is 21.0. The predicted octanol–water partition coefficient (Wildman–Crippen LogP) is 1.49. The molecule has 4 amide bonds. The van der Waals surface area contributed by atoms with Gasteiger partial charge >= 0.3 is 0 Å². The number of nitrogens with one attached hydrogen (secondary N) is 4. The molecular weight excluding hydrogens is 516 g/mol. The van der Waals surface area contributed by atoms with Gasteiger partial charge in [-0.25, -0.2) is 0 Å². The van der Waals surface area contributed by atoms with Crippen LogP contribution in [0, 0.1) is 10.1 Å². The number of hydrogen-bond acceptors (Lipinski definition) is 7. The highest BCUT2D eigenvalue weighted by Gasteiger charge is 2.23. The zero-order valence-corrected chi connectivity index (χ0v) is 21.3. The van der Waals surface area contributed by atoms with Crippen molar-refractivity contribution in [1.29, 1.82) is 0 Å². The maximum absolute atomic E-state index is 13.1. The molecule has 0 aliphatic heterocycles. The van der Waals surface area contributed by atoms with Gasteiger partial charge in [-0.3, -0.25) is 29.3 Å². The minimum absolute atomic E-state index is 0.105. The number of non-ortho nitro benzene ring substituents is 1. The smallest absolute Gasteiger partial charge is 0.269 e. The highest BCUT2D eigenvalue weighted by molar-refractivity contribution is 6.03. The second-order valence-electron chi connectivity index (χ2n) is 8.51. The van der Waals surface area contributed by atoms with E-state index in [9.17, 15) is 29.3 Å². The van der Waals surface area contributed by atoms with Gasteiger partial charge in [-0.15, -0.1) is 0 Å². The summed E-state index contributed by atoms with van der Waals surface area (Å²) in [5.41, 5.74) is 6.84. The number of hydrogen-bond donors (Lipinski definition) is 5. The number of nitro groups is 1. The van der Waals surface area contributed by atoms with Crippen LogP contribution in [0.2, 0.25) is 0 Å². The van der Waals surface area contributed by atoms with Gasteiger partial charge in [0.15, 0.2) is 0 Å². The van der Waals surface area contributed by atoms with Gasteiger partial charge in [0.2, 0.25) is 17.7 Å². The fraction of sp³-hybridized carbons (Fsp3) is 0.143. The molecule has 0 aromatic heterocycles. The lowest BCUT2D eigenvalue weighted by molar-refractivity contribution is -0.384. The van der Waals surface area contributed by atoms with Gasteiger partial charge in [0.1, 0.15) is 11.7 Å². The maximum atomic E-state index is 13.1. The summed E-state index contributed by atoms with van der Waals surface area (Å²) in [6.45, 7) is -0.829. The summed E-state index contributed by atoms with van der Waals surface area (Å²) in [4.78, 5) is 60.8. The van der Waals surface area contributed by atoms with Crippen molar-refractivity contribution in [2.75, 3.05) is 18.4 Å². The van der Waals surface area contributed by atoms with Crippen LogP contribution in [-0.4, -0.2) is 47.7 Å². The third-order valence-corrected chi connectivity index (χ3v) is 5.50. The van der Waals surface area contributed by atoms with Gasteiger partial charge in [-0.2, -0.15) is 0 Å². The van der Waals surface area contributed by atoms with Crippen LogP contribution in [0.5, 0.6) is 0 Å². The van der Waals surface area contributed by atoms with Gasteiger partial charge in [0, 0.05) is 24.2 Å². The Labute approximate surface area is 229 Å². The second kappa shape index (κ2) is 14.5. The summed E-state index contributed by atoms with van der Waals surface area (Å²) >= 11 is 0. The van der Waals surface area contributed by atoms with Crippen molar-refractivity contribution in [3.63, 3.8) is 0 Å². The Kier molecular flexibility index (Phi) is 10.6. The number of nitrogens with zero attached hydrogens (tertiary/aromatic N) is 1. The Bertz CT molecular complexity index is 1380. The first kappa shape index (κ1) is 29.2. The zero-order valence-electron chi connectivity index (χ0n) is 21.3. The fourth-order valence-electron chi connectivity index (χ4n) is 3.53. The summed E-state index contributed by atoms with van der Waals surface area (Å²) in [6.07, 6.45) is 1.59. The molecule has 40 heavy (non-hydrogen) atoms. The highest BCUT2D eigenvalue weighted by Crippen LogP contribution is 2.16. The van der Waals surface area contributed by atoms with Gasteiger partial charge in [-0.05, 0) is 29.3 Å². The number of carbonyl (C=O) groups excluding carboxylic acids is 4. The molecule has 0 spiro atoms. The summed E-state index contributed by atoms with van der Waals surface area (Å²) in [7, 11) is 0. The van der Waals surface area contributed by atoms with Crippen molar-refractivity contribution in [2.24, 2.45) is 5.73 Å². The van der Waals surface area contributed by atoms with Crippen molar-refractivity contribution in [3.8, 4) is 0 Å². The predicted molar refractivity (Wildman–Crippen MR) is 148 cm³/mol. The third kappa shape index (κ3) is 9.19. The van der Waals surface area contributed by atoms with Crippen LogP contribution in [-0.2, 0) is 25.6 Å². The topological polar surface area (TPSA) is 186 Å². The number of amides is 4. The number of anilines is 1. The molecule has 0 saturated carbocycles. The molecule has 0 heterocycles. The van der Waals surface area contributed by atoms with Crippen LogP contribution in [0.25, 0.3) is 6.08 Å². The maximum Gasteiger partial charge on any atom is 0.269 e. The van der Waals surface area contributed by atoms with E-state index in [2.05, 4.69) is 21.3 Å². The average molecular weight is 545 g/mol. The van der Waals surface area contributed by atoms with Crippen molar-refractivity contribution < 1.29 is 24.1 Å². The number of rotatable bonds is 12. The molecule has 0 aliphatic rings. The largest absolute Gasteiger partial charge is 0.342 e. The molecular formula is C28H28N6O6. The number of benzene rings is 3. The van der Waals surface area contributed by atoms with Crippen molar-refractivity contribution in [1.82, 2.24) is 16.0 Å². The summed E-state index contributed by atoms with van der Waals surface area (Å²) in [6, 6.07) is 22.0. The lowest BCUT2D eigenvalue weighted by atomic mass is 10.0. The van der Waals surface area contributed by atoms with E-state index >= 15 is 0 Å². The Balaban J connectivity index is 1.69. The molecule has 0 saturated heterocycles. The first-order valence-electron chi connectivity index (χ1n) is 12.2. The van der Waals surface area contributed by atoms with Crippen LogP contribution < -0.4 is 27.0 Å². The average Bonchev–Trinajstić information content (AvgIpc) is 2.96. The van der Waals surface area contributed by atoms with Crippen LogP contribution in [0.15, 0.2) is 90.6 Å². The lowest BCUT2D eigenvalue weighted by Gasteiger charge is -2.19. The van der Waals surface area contributed by atoms with E-state index in [1.165, 1.54) is 30.3 Å². The van der Waals surface area contributed by atoms with Crippen LogP contribution in [0.4, 0.5) is 11.4 Å². The zero-order chi connectivity index (χ0) is 28.9. The van der Waals surface area contributed by atoms with E-state index in [0.717, 1.165) is 5.56 Å². The molecule has 0 radical (unpaired) electrons. The molecule has 0 unspecified atom stereocenters. The monoisotopic (exact) mass is 544 g/mol.